The van der Waals surface area contributed by atoms with Gasteiger partial charge in [0.2, 0.25) is 6.17 Å². The fraction of sp³-hybridized carbons (Fsp3) is 0.714. The van der Waals surface area contributed by atoms with E-state index in [1.807, 2.05) is 0 Å². The minimum atomic E-state index is -4.01. The van der Waals surface area contributed by atoms with E-state index in [1.54, 1.807) is 0 Å². The SMILES string of the molecule is C=CC(F)(F)C(F)C(F)C(C)F. The summed E-state index contributed by atoms with van der Waals surface area (Å²) in [4.78, 5) is 0. The molecule has 0 rings (SSSR count). The Bertz CT molecular complexity index is 154. The van der Waals surface area contributed by atoms with Gasteiger partial charge >= 0.3 is 0 Å². The summed E-state index contributed by atoms with van der Waals surface area (Å²) < 4.78 is 61.3. The van der Waals surface area contributed by atoms with Gasteiger partial charge in [-0.15, -0.1) is 0 Å². The summed E-state index contributed by atoms with van der Waals surface area (Å²) in [6.07, 6.45) is -8.29. The lowest BCUT2D eigenvalue weighted by atomic mass is 10.1. The maximum Gasteiger partial charge on any atom is 0.299 e. The molecule has 0 aromatic carbocycles. The third kappa shape index (κ3) is 2.46. The quantitative estimate of drug-likeness (QED) is 0.470. The maximum absolute atomic E-state index is 12.4. The van der Waals surface area contributed by atoms with Crippen molar-refractivity contribution < 1.29 is 22.0 Å². The third-order valence-electron chi connectivity index (χ3n) is 1.36. The van der Waals surface area contributed by atoms with Gasteiger partial charge in [0.05, 0.1) is 0 Å². The van der Waals surface area contributed by atoms with Crippen LogP contribution in [0.15, 0.2) is 12.7 Å². The monoisotopic (exact) mass is 188 g/mol. The molecule has 0 aromatic heterocycles. The minimum absolute atomic E-state index is 0.0351. The number of alkyl halides is 5. The Morgan fingerprint density at radius 2 is 1.67 bits per heavy atom. The van der Waals surface area contributed by atoms with Gasteiger partial charge in [-0.2, -0.15) is 8.78 Å². The molecule has 0 aliphatic heterocycles. The van der Waals surface area contributed by atoms with Crippen molar-refractivity contribution in [1.82, 2.24) is 0 Å². The van der Waals surface area contributed by atoms with Crippen LogP contribution in [0.5, 0.6) is 0 Å². The van der Waals surface area contributed by atoms with Crippen molar-refractivity contribution in [2.75, 3.05) is 0 Å². The normalized spacial score (nSPS) is 19.8. The average molecular weight is 188 g/mol. The van der Waals surface area contributed by atoms with Crippen LogP contribution in [-0.2, 0) is 0 Å². The van der Waals surface area contributed by atoms with E-state index >= 15 is 0 Å². The lowest BCUT2D eigenvalue weighted by molar-refractivity contribution is -0.0746. The van der Waals surface area contributed by atoms with Crippen LogP contribution >= 0.6 is 0 Å². The first kappa shape index (κ1) is 11.4. The standard InChI is InChI=1S/C7H9F5/c1-3-7(11,12)6(10)5(9)4(2)8/h3-6H,1H2,2H3. The molecule has 5 heteroatoms. The van der Waals surface area contributed by atoms with Gasteiger partial charge in [-0.05, 0) is 13.0 Å². The van der Waals surface area contributed by atoms with Crippen LogP contribution in [0.2, 0.25) is 0 Å². The second kappa shape index (κ2) is 3.87. The van der Waals surface area contributed by atoms with E-state index < -0.39 is 24.4 Å². The summed E-state index contributed by atoms with van der Waals surface area (Å²) in [6.45, 7) is 3.29. The molecule has 12 heavy (non-hydrogen) atoms. The van der Waals surface area contributed by atoms with Gasteiger partial charge in [-0.1, -0.05) is 6.58 Å². The van der Waals surface area contributed by atoms with Gasteiger partial charge in [0.25, 0.3) is 5.92 Å². The fourth-order valence-corrected chi connectivity index (χ4v) is 0.558. The minimum Gasteiger partial charge on any atom is -0.244 e. The molecular formula is C7H9F5. The predicted octanol–water partition coefficient (Wildman–Crippen LogP) is 2.84. The van der Waals surface area contributed by atoms with Crippen molar-refractivity contribution >= 4 is 0 Å². The number of halogens is 5. The van der Waals surface area contributed by atoms with E-state index in [-0.39, 0.29) is 6.08 Å². The summed E-state index contributed by atoms with van der Waals surface area (Å²) in [5.41, 5.74) is 0. The van der Waals surface area contributed by atoms with Crippen LogP contribution in [-0.4, -0.2) is 24.4 Å². The van der Waals surface area contributed by atoms with Crippen molar-refractivity contribution in [1.29, 1.82) is 0 Å². The smallest absolute Gasteiger partial charge is 0.244 e. The Balaban J connectivity index is 4.37. The zero-order valence-electron chi connectivity index (χ0n) is 6.41. The highest BCUT2D eigenvalue weighted by atomic mass is 19.3. The number of rotatable bonds is 4. The zero-order chi connectivity index (χ0) is 9.94. The highest BCUT2D eigenvalue weighted by Crippen LogP contribution is 2.28. The molecule has 0 bridgehead atoms. The molecule has 0 N–H and O–H groups in total. The Labute approximate surface area is 67.1 Å². The summed E-state index contributed by atoms with van der Waals surface area (Å²) in [5.74, 6) is -4.01. The molecule has 3 atom stereocenters. The van der Waals surface area contributed by atoms with Crippen LogP contribution in [0.4, 0.5) is 22.0 Å². The first-order valence-electron chi connectivity index (χ1n) is 3.26. The van der Waals surface area contributed by atoms with Crippen molar-refractivity contribution in [3.63, 3.8) is 0 Å². The van der Waals surface area contributed by atoms with Crippen LogP contribution in [0.1, 0.15) is 6.92 Å². The van der Waals surface area contributed by atoms with Crippen molar-refractivity contribution in [2.45, 2.75) is 31.4 Å². The van der Waals surface area contributed by atoms with E-state index in [2.05, 4.69) is 6.58 Å². The second-order valence-corrected chi connectivity index (χ2v) is 2.40. The molecule has 72 valence electrons. The van der Waals surface area contributed by atoms with E-state index in [0.29, 0.717) is 6.92 Å². The zero-order valence-corrected chi connectivity index (χ0v) is 6.41. The topological polar surface area (TPSA) is 0 Å². The number of allylic oxidation sites excluding steroid dienone is 1. The van der Waals surface area contributed by atoms with Crippen LogP contribution < -0.4 is 0 Å². The molecule has 0 heterocycles. The van der Waals surface area contributed by atoms with Gasteiger partial charge < -0.3 is 0 Å². The lowest BCUT2D eigenvalue weighted by Crippen LogP contribution is -2.39. The van der Waals surface area contributed by atoms with E-state index in [4.69, 9.17) is 0 Å². The Morgan fingerprint density at radius 3 is 1.92 bits per heavy atom. The van der Waals surface area contributed by atoms with Crippen LogP contribution in [0, 0.1) is 0 Å². The van der Waals surface area contributed by atoms with Crippen molar-refractivity contribution in [2.24, 2.45) is 0 Å². The van der Waals surface area contributed by atoms with Crippen LogP contribution in [0.3, 0.4) is 0 Å². The molecule has 0 radical (unpaired) electrons. The summed E-state index contributed by atoms with van der Waals surface area (Å²) in [5, 5.41) is 0. The molecule has 0 saturated heterocycles. The molecule has 0 amide bonds. The highest BCUT2D eigenvalue weighted by Gasteiger charge is 2.45. The van der Waals surface area contributed by atoms with Gasteiger partial charge in [-0.3, -0.25) is 0 Å². The first-order valence-corrected chi connectivity index (χ1v) is 3.26. The molecule has 0 aliphatic rings. The molecule has 0 spiro atoms. The van der Waals surface area contributed by atoms with Gasteiger partial charge in [-0.25, -0.2) is 13.2 Å². The van der Waals surface area contributed by atoms with Crippen molar-refractivity contribution in [3.05, 3.63) is 12.7 Å². The van der Waals surface area contributed by atoms with Crippen LogP contribution in [0.25, 0.3) is 0 Å². The van der Waals surface area contributed by atoms with Gasteiger partial charge in [0.15, 0.2) is 6.17 Å². The van der Waals surface area contributed by atoms with Gasteiger partial charge in [0, 0.05) is 0 Å². The predicted molar refractivity (Wildman–Crippen MR) is 35.5 cm³/mol. The fourth-order valence-electron chi connectivity index (χ4n) is 0.558. The lowest BCUT2D eigenvalue weighted by Gasteiger charge is -2.20. The number of hydrogen-bond acceptors (Lipinski definition) is 0. The number of hydrogen-bond donors (Lipinski definition) is 0. The summed E-state index contributed by atoms with van der Waals surface area (Å²) in [6, 6.07) is 0. The second-order valence-electron chi connectivity index (χ2n) is 2.40. The van der Waals surface area contributed by atoms with Crippen molar-refractivity contribution in [3.8, 4) is 0 Å². The van der Waals surface area contributed by atoms with Gasteiger partial charge in [0.1, 0.15) is 6.17 Å². The Kier molecular flexibility index (Phi) is 3.67. The third-order valence-corrected chi connectivity index (χ3v) is 1.36. The average Bonchev–Trinajstić information content (AvgIpc) is 2.01. The molecule has 0 aliphatic carbocycles. The molecule has 3 unspecified atom stereocenters. The Hall–Kier alpha value is -0.610. The van der Waals surface area contributed by atoms with E-state index in [1.165, 1.54) is 0 Å². The first-order chi connectivity index (χ1) is 5.33. The summed E-state index contributed by atoms with van der Waals surface area (Å²) in [7, 11) is 0. The molecular weight excluding hydrogens is 179 g/mol. The molecule has 0 aromatic rings. The largest absolute Gasteiger partial charge is 0.299 e. The van der Waals surface area contributed by atoms with E-state index in [0.717, 1.165) is 0 Å². The highest BCUT2D eigenvalue weighted by molar-refractivity contribution is 4.97. The molecule has 0 nitrogen and oxygen atoms in total. The Morgan fingerprint density at radius 1 is 1.25 bits per heavy atom. The summed E-state index contributed by atoms with van der Waals surface area (Å²) >= 11 is 0. The van der Waals surface area contributed by atoms with E-state index in [9.17, 15) is 22.0 Å². The maximum atomic E-state index is 12.4. The molecule has 0 saturated carbocycles. The molecule has 0 fully saturated rings.